The number of amides is 1. The van der Waals surface area contributed by atoms with Crippen LogP contribution >= 0.6 is 0 Å². The van der Waals surface area contributed by atoms with E-state index in [0.29, 0.717) is 5.56 Å². The monoisotopic (exact) mass is 276 g/mol. The van der Waals surface area contributed by atoms with Crippen molar-refractivity contribution in [3.63, 3.8) is 0 Å². The number of benzene rings is 1. The molecule has 0 fully saturated rings. The third kappa shape index (κ3) is 4.34. The number of nitrogens with two attached hydrogens (primary N) is 1. The molecule has 1 aromatic rings. The second kappa shape index (κ2) is 5.57. The van der Waals surface area contributed by atoms with Gasteiger partial charge in [-0.25, -0.2) is 0 Å². The van der Waals surface area contributed by atoms with Gasteiger partial charge in [0.1, 0.15) is 0 Å². The minimum Gasteiger partial charge on any atom is -0.347 e. The summed E-state index contributed by atoms with van der Waals surface area (Å²) in [5.74, 6) is -0.0405. The predicted molar refractivity (Wildman–Crippen MR) is 84.7 cm³/mol. The molecule has 0 atom stereocenters. The molecule has 0 aromatic heterocycles. The lowest BCUT2D eigenvalue weighted by Crippen LogP contribution is -2.54. The maximum absolute atomic E-state index is 12.3. The zero-order valence-corrected chi connectivity index (χ0v) is 13.6. The maximum Gasteiger partial charge on any atom is 0.251 e. The van der Waals surface area contributed by atoms with Gasteiger partial charge in [0.15, 0.2) is 0 Å². The molecule has 3 nitrogen and oxygen atoms in total. The molecule has 0 radical (unpaired) electrons. The number of hydrogen-bond donors (Lipinski definition) is 2. The Labute approximate surface area is 122 Å². The van der Waals surface area contributed by atoms with Crippen LogP contribution in [0.15, 0.2) is 30.3 Å². The molecule has 0 heterocycles. The number of carbonyl (C=O) groups is 1. The van der Waals surface area contributed by atoms with Crippen LogP contribution in [0.1, 0.15) is 58.3 Å². The Bertz CT molecular complexity index is 456. The molecule has 0 aliphatic heterocycles. The van der Waals surface area contributed by atoms with E-state index in [9.17, 15) is 4.79 Å². The van der Waals surface area contributed by atoms with Crippen LogP contribution in [0.4, 0.5) is 0 Å². The van der Waals surface area contributed by atoms with Gasteiger partial charge in [-0.2, -0.15) is 0 Å². The molecule has 0 aliphatic carbocycles. The third-order valence-corrected chi connectivity index (χ3v) is 4.12. The molecule has 0 saturated heterocycles. The van der Waals surface area contributed by atoms with E-state index in [-0.39, 0.29) is 22.4 Å². The van der Waals surface area contributed by atoms with Gasteiger partial charge in [0, 0.05) is 16.6 Å². The van der Waals surface area contributed by atoms with E-state index >= 15 is 0 Å². The highest BCUT2D eigenvalue weighted by Gasteiger charge is 2.38. The first-order valence-electron chi connectivity index (χ1n) is 7.11. The third-order valence-electron chi connectivity index (χ3n) is 4.12. The van der Waals surface area contributed by atoms with Gasteiger partial charge in [0.2, 0.25) is 0 Å². The van der Waals surface area contributed by atoms with Crippen LogP contribution in [0.2, 0.25) is 0 Å². The Hall–Kier alpha value is -1.35. The van der Waals surface area contributed by atoms with E-state index in [4.69, 9.17) is 5.73 Å². The van der Waals surface area contributed by atoms with Crippen LogP contribution in [0.25, 0.3) is 0 Å². The summed E-state index contributed by atoms with van der Waals surface area (Å²) in [6.07, 6.45) is 0.808. The van der Waals surface area contributed by atoms with E-state index in [2.05, 4.69) is 19.2 Å². The van der Waals surface area contributed by atoms with E-state index in [1.807, 2.05) is 58.0 Å². The molecule has 0 bridgehead atoms. The van der Waals surface area contributed by atoms with Crippen molar-refractivity contribution in [1.82, 2.24) is 5.32 Å². The fraction of sp³-hybridized carbons (Fsp3) is 0.588. The average Bonchev–Trinajstić information content (AvgIpc) is 2.26. The van der Waals surface area contributed by atoms with Gasteiger partial charge in [-0.15, -0.1) is 0 Å². The van der Waals surface area contributed by atoms with Crippen LogP contribution < -0.4 is 11.1 Å². The zero-order valence-electron chi connectivity index (χ0n) is 13.6. The van der Waals surface area contributed by atoms with Crippen LogP contribution in [-0.4, -0.2) is 17.0 Å². The molecule has 3 heteroatoms. The van der Waals surface area contributed by atoms with E-state index in [0.717, 1.165) is 6.42 Å². The Morgan fingerprint density at radius 2 is 1.55 bits per heavy atom. The lowest BCUT2D eigenvalue weighted by molar-refractivity contribution is 0.0843. The molecule has 1 rings (SSSR count). The van der Waals surface area contributed by atoms with Crippen LogP contribution in [0.5, 0.6) is 0 Å². The molecule has 20 heavy (non-hydrogen) atoms. The molecule has 0 aliphatic rings. The summed E-state index contributed by atoms with van der Waals surface area (Å²) < 4.78 is 0. The first kappa shape index (κ1) is 16.7. The summed E-state index contributed by atoms with van der Waals surface area (Å²) in [7, 11) is 0. The summed E-state index contributed by atoms with van der Waals surface area (Å²) in [5, 5.41) is 3.11. The first-order chi connectivity index (χ1) is 8.95. The molecule has 0 spiro atoms. The molecule has 3 N–H and O–H groups in total. The largest absolute Gasteiger partial charge is 0.347 e. The molecule has 0 saturated carbocycles. The highest BCUT2D eigenvalue weighted by molar-refractivity contribution is 5.94. The summed E-state index contributed by atoms with van der Waals surface area (Å²) in [5.41, 5.74) is 6.24. The lowest BCUT2D eigenvalue weighted by Gasteiger charge is -2.44. The molecule has 1 aromatic carbocycles. The quantitative estimate of drug-likeness (QED) is 0.866. The van der Waals surface area contributed by atoms with Gasteiger partial charge in [-0.1, -0.05) is 32.0 Å². The zero-order chi connectivity index (χ0) is 15.6. The van der Waals surface area contributed by atoms with E-state index in [1.165, 1.54) is 0 Å². The predicted octanol–water partition coefficient (Wildman–Crippen LogP) is 3.35. The van der Waals surface area contributed by atoms with E-state index < -0.39 is 0 Å². The van der Waals surface area contributed by atoms with Crippen molar-refractivity contribution in [2.24, 2.45) is 11.1 Å². The van der Waals surface area contributed by atoms with Gasteiger partial charge in [-0.3, -0.25) is 4.79 Å². The van der Waals surface area contributed by atoms with Crippen molar-refractivity contribution in [1.29, 1.82) is 0 Å². The first-order valence-corrected chi connectivity index (χ1v) is 7.11. The molecule has 112 valence electrons. The fourth-order valence-corrected chi connectivity index (χ4v) is 2.35. The topological polar surface area (TPSA) is 55.1 Å². The SMILES string of the molecule is CC(C)(CC(C)(C)C(C)(C)N)NC(=O)c1ccccc1. The van der Waals surface area contributed by atoms with Gasteiger partial charge in [-0.05, 0) is 51.7 Å². The second-order valence-electron chi connectivity index (χ2n) is 7.49. The maximum atomic E-state index is 12.3. The molecule has 0 unspecified atom stereocenters. The van der Waals surface area contributed by atoms with Gasteiger partial charge < -0.3 is 11.1 Å². The van der Waals surface area contributed by atoms with Gasteiger partial charge in [0.05, 0.1) is 0 Å². The number of rotatable bonds is 5. The Balaban J connectivity index is 2.78. The van der Waals surface area contributed by atoms with Gasteiger partial charge in [0.25, 0.3) is 5.91 Å². The standard InChI is InChI=1S/C17H28N2O/c1-15(2,17(5,6)18)12-16(3,4)19-14(20)13-10-8-7-9-11-13/h7-11H,12,18H2,1-6H3,(H,19,20). The summed E-state index contributed by atoms with van der Waals surface area (Å²) >= 11 is 0. The Morgan fingerprint density at radius 3 is 2.00 bits per heavy atom. The van der Waals surface area contributed by atoms with Crippen molar-refractivity contribution < 1.29 is 4.79 Å². The van der Waals surface area contributed by atoms with Crippen molar-refractivity contribution in [3.8, 4) is 0 Å². The van der Waals surface area contributed by atoms with E-state index in [1.54, 1.807) is 0 Å². The molecular weight excluding hydrogens is 248 g/mol. The minimum absolute atomic E-state index is 0.0405. The van der Waals surface area contributed by atoms with Crippen molar-refractivity contribution >= 4 is 5.91 Å². The number of carbonyl (C=O) groups excluding carboxylic acids is 1. The van der Waals surface area contributed by atoms with Gasteiger partial charge >= 0.3 is 0 Å². The normalized spacial score (nSPS) is 13.2. The average molecular weight is 276 g/mol. The highest BCUT2D eigenvalue weighted by atomic mass is 16.1. The fourth-order valence-electron chi connectivity index (χ4n) is 2.35. The number of hydrogen-bond acceptors (Lipinski definition) is 2. The molecular formula is C17H28N2O. The summed E-state index contributed by atoms with van der Waals surface area (Å²) in [6.45, 7) is 12.4. The van der Waals surface area contributed by atoms with Crippen LogP contribution in [0, 0.1) is 5.41 Å². The summed E-state index contributed by atoms with van der Waals surface area (Å²) in [4.78, 5) is 12.3. The Morgan fingerprint density at radius 1 is 1.05 bits per heavy atom. The highest BCUT2D eigenvalue weighted by Crippen LogP contribution is 2.36. The number of nitrogens with one attached hydrogen (secondary N) is 1. The smallest absolute Gasteiger partial charge is 0.251 e. The second-order valence-corrected chi connectivity index (χ2v) is 7.49. The molecule has 1 amide bonds. The van der Waals surface area contributed by atoms with Crippen molar-refractivity contribution in [2.75, 3.05) is 0 Å². The van der Waals surface area contributed by atoms with Crippen molar-refractivity contribution in [2.45, 2.75) is 59.0 Å². The minimum atomic E-state index is -0.312. The van der Waals surface area contributed by atoms with Crippen molar-refractivity contribution in [3.05, 3.63) is 35.9 Å². The summed E-state index contributed by atoms with van der Waals surface area (Å²) in [6, 6.07) is 9.29. The van der Waals surface area contributed by atoms with Crippen LogP contribution in [-0.2, 0) is 0 Å². The Kier molecular flexibility index (Phi) is 4.65. The lowest BCUT2D eigenvalue weighted by atomic mass is 9.68. The van der Waals surface area contributed by atoms with Crippen LogP contribution in [0.3, 0.4) is 0 Å².